The molecule has 3 aromatic rings. The highest BCUT2D eigenvalue weighted by Crippen LogP contribution is 2.27. The Morgan fingerprint density at radius 2 is 1.84 bits per heavy atom. The molecule has 4 rings (SSSR count). The molecule has 0 amide bonds. The second kappa shape index (κ2) is 5.81. The number of hydrogen-bond donors (Lipinski definition) is 0. The quantitative estimate of drug-likeness (QED) is 0.675. The van der Waals surface area contributed by atoms with Crippen LogP contribution in [-0.4, -0.2) is 24.9 Å². The predicted molar refractivity (Wildman–Crippen MR) is 100 cm³/mol. The van der Waals surface area contributed by atoms with Gasteiger partial charge in [0, 0.05) is 50.0 Å². The van der Waals surface area contributed by atoms with E-state index in [4.69, 9.17) is 4.98 Å². The summed E-state index contributed by atoms with van der Waals surface area (Å²) in [4.78, 5) is 19.2. The van der Waals surface area contributed by atoms with Gasteiger partial charge in [-0.3, -0.25) is 4.79 Å². The predicted octanol–water partition coefficient (Wildman–Crippen LogP) is 3.49. The van der Waals surface area contributed by atoms with Gasteiger partial charge in [0.05, 0.1) is 0 Å². The van der Waals surface area contributed by atoms with Gasteiger partial charge in [0.1, 0.15) is 5.52 Å². The van der Waals surface area contributed by atoms with Crippen molar-refractivity contribution < 1.29 is 9.36 Å². The van der Waals surface area contributed by atoms with Gasteiger partial charge in [-0.05, 0) is 19.1 Å². The zero-order chi connectivity index (χ0) is 17.6. The first-order valence-corrected chi connectivity index (χ1v) is 8.40. The minimum Gasteiger partial charge on any atom is -0.377 e. The van der Waals surface area contributed by atoms with Gasteiger partial charge in [-0.1, -0.05) is 24.3 Å². The average molecular weight is 330 g/mol. The number of rotatable bonds is 2. The molecule has 0 bridgehead atoms. The summed E-state index contributed by atoms with van der Waals surface area (Å²) in [6.07, 6.45) is 4.34. The summed E-state index contributed by atoms with van der Waals surface area (Å²) in [6.45, 7) is 2.11. The molecule has 0 unspecified atom stereocenters. The van der Waals surface area contributed by atoms with Crippen molar-refractivity contribution >= 4 is 28.6 Å². The number of hydrogen-bond acceptors (Lipinski definition) is 3. The summed E-state index contributed by atoms with van der Waals surface area (Å²) in [5.41, 5.74) is 6.61. The standard InChI is InChI=1S/C21H20N3O/c1-14-17(23(2)3)13-12-16-21(14)24(15-8-5-4-6-9-15)18-10-7-11-19(25)20(18)22-16/h4-10,12-13H,11H2,1-3H3/q+1. The molecule has 1 aliphatic rings. The van der Waals surface area contributed by atoms with Crippen LogP contribution in [0, 0.1) is 6.92 Å². The molecule has 124 valence electrons. The lowest BCUT2D eigenvalue weighted by molar-refractivity contribution is -0.570. The Labute approximate surface area is 147 Å². The van der Waals surface area contributed by atoms with Gasteiger partial charge in [0.15, 0.2) is 11.5 Å². The Hall–Kier alpha value is -3.01. The fourth-order valence-corrected chi connectivity index (χ4v) is 3.51. The molecule has 0 radical (unpaired) electrons. The number of allylic oxidation sites excluding steroid dienone is 1. The van der Waals surface area contributed by atoms with Gasteiger partial charge >= 0.3 is 0 Å². The van der Waals surface area contributed by atoms with Crippen LogP contribution >= 0.6 is 0 Å². The van der Waals surface area contributed by atoms with Crippen molar-refractivity contribution in [3.05, 3.63) is 65.5 Å². The third-order valence-electron chi connectivity index (χ3n) is 4.66. The Kier molecular flexibility index (Phi) is 3.61. The molecule has 0 saturated heterocycles. The molecule has 2 aromatic carbocycles. The molecule has 4 nitrogen and oxygen atoms in total. The molecule has 1 heterocycles. The largest absolute Gasteiger partial charge is 0.377 e. The lowest BCUT2D eigenvalue weighted by Gasteiger charge is -2.17. The van der Waals surface area contributed by atoms with E-state index in [1.165, 1.54) is 0 Å². The molecule has 0 atom stereocenters. The molecule has 0 fully saturated rings. The van der Waals surface area contributed by atoms with Gasteiger partial charge in [-0.25, -0.2) is 4.98 Å². The highest BCUT2D eigenvalue weighted by atomic mass is 16.1. The van der Waals surface area contributed by atoms with E-state index < -0.39 is 0 Å². The minimum atomic E-state index is 0.0680. The second-order valence-electron chi connectivity index (χ2n) is 6.52. The smallest absolute Gasteiger partial charge is 0.242 e. The summed E-state index contributed by atoms with van der Waals surface area (Å²) < 4.78 is 2.16. The van der Waals surface area contributed by atoms with E-state index in [1.807, 2.05) is 50.5 Å². The number of ketones is 1. The first kappa shape index (κ1) is 15.5. The van der Waals surface area contributed by atoms with Crippen molar-refractivity contribution in [2.45, 2.75) is 13.3 Å². The molecular formula is C21H20N3O+. The van der Waals surface area contributed by atoms with Crippen LogP contribution in [0.2, 0.25) is 0 Å². The molecule has 0 saturated carbocycles. The van der Waals surface area contributed by atoms with Crippen LogP contribution in [0.3, 0.4) is 0 Å². The maximum Gasteiger partial charge on any atom is 0.242 e. The summed E-state index contributed by atoms with van der Waals surface area (Å²) in [7, 11) is 4.08. The van der Waals surface area contributed by atoms with Crippen molar-refractivity contribution in [3.8, 4) is 5.69 Å². The van der Waals surface area contributed by atoms with Crippen LogP contribution in [0.4, 0.5) is 5.69 Å². The van der Waals surface area contributed by atoms with Crippen LogP contribution in [0.1, 0.15) is 28.2 Å². The molecule has 0 aliphatic heterocycles. The van der Waals surface area contributed by atoms with E-state index >= 15 is 0 Å². The van der Waals surface area contributed by atoms with Crippen molar-refractivity contribution in [3.63, 3.8) is 0 Å². The summed E-state index contributed by atoms with van der Waals surface area (Å²) in [5.74, 6) is 0.0680. The summed E-state index contributed by atoms with van der Waals surface area (Å²) >= 11 is 0. The monoisotopic (exact) mass is 330 g/mol. The number of benzene rings is 2. The Balaban J connectivity index is 2.20. The van der Waals surface area contributed by atoms with Gasteiger partial charge < -0.3 is 4.90 Å². The fourth-order valence-electron chi connectivity index (χ4n) is 3.51. The molecular weight excluding hydrogens is 310 g/mol. The summed E-state index contributed by atoms with van der Waals surface area (Å²) in [5, 5.41) is 0. The number of aromatic nitrogens is 2. The van der Waals surface area contributed by atoms with Crippen LogP contribution in [-0.2, 0) is 0 Å². The molecule has 0 spiro atoms. The lowest BCUT2D eigenvalue weighted by Crippen LogP contribution is -2.39. The molecule has 1 aliphatic carbocycles. The summed E-state index contributed by atoms with van der Waals surface area (Å²) in [6, 6.07) is 14.2. The number of anilines is 1. The van der Waals surface area contributed by atoms with Gasteiger partial charge in [0.25, 0.3) is 0 Å². The molecule has 25 heavy (non-hydrogen) atoms. The second-order valence-corrected chi connectivity index (χ2v) is 6.52. The molecule has 0 N–H and O–H groups in total. The number of nitrogens with zero attached hydrogens (tertiary/aromatic N) is 3. The van der Waals surface area contributed by atoms with E-state index in [9.17, 15) is 4.79 Å². The maximum atomic E-state index is 12.4. The first-order chi connectivity index (χ1) is 12.1. The Bertz CT molecular complexity index is 1020. The number of carbonyl (C=O) groups excluding carboxylic acids is 1. The zero-order valence-corrected chi connectivity index (χ0v) is 14.7. The highest BCUT2D eigenvalue weighted by molar-refractivity contribution is 6.01. The number of aryl methyl sites for hydroxylation is 1. The van der Waals surface area contributed by atoms with Crippen molar-refractivity contribution in [1.82, 2.24) is 4.98 Å². The van der Waals surface area contributed by atoms with Crippen LogP contribution in [0.25, 0.3) is 22.8 Å². The van der Waals surface area contributed by atoms with Gasteiger partial charge in [0.2, 0.25) is 16.9 Å². The lowest BCUT2D eigenvalue weighted by atomic mass is 10.0. The number of fused-ring (bicyclic) bond motifs is 2. The van der Waals surface area contributed by atoms with Crippen LogP contribution < -0.4 is 9.47 Å². The number of para-hydroxylation sites is 1. The first-order valence-electron chi connectivity index (χ1n) is 8.40. The average Bonchev–Trinajstić information content (AvgIpc) is 2.61. The minimum absolute atomic E-state index is 0.0680. The third-order valence-corrected chi connectivity index (χ3v) is 4.66. The van der Waals surface area contributed by atoms with Crippen LogP contribution in [0.5, 0.6) is 0 Å². The molecule has 1 aromatic heterocycles. The number of carbonyl (C=O) groups is 1. The fraction of sp³-hybridized carbons (Fsp3) is 0.190. The Morgan fingerprint density at radius 3 is 2.56 bits per heavy atom. The van der Waals surface area contributed by atoms with Crippen molar-refractivity contribution in [2.75, 3.05) is 19.0 Å². The zero-order valence-electron chi connectivity index (χ0n) is 14.7. The SMILES string of the molecule is Cc1c(N(C)C)ccc2nc3c([n+](-c4ccccc4)c12)C=CCC3=O. The molecule has 4 heteroatoms. The van der Waals surface area contributed by atoms with E-state index in [-0.39, 0.29) is 5.78 Å². The van der Waals surface area contributed by atoms with E-state index in [0.717, 1.165) is 33.7 Å². The van der Waals surface area contributed by atoms with Gasteiger partial charge in [-0.15, -0.1) is 4.57 Å². The third kappa shape index (κ3) is 2.41. The maximum absolute atomic E-state index is 12.4. The Morgan fingerprint density at radius 1 is 1.08 bits per heavy atom. The van der Waals surface area contributed by atoms with Gasteiger partial charge in [-0.2, -0.15) is 0 Å². The van der Waals surface area contributed by atoms with E-state index in [1.54, 1.807) is 0 Å². The number of Topliss-reactive ketones (excluding diaryl/α,β-unsaturated/α-hetero) is 1. The highest BCUT2D eigenvalue weighted by Gasteiger charge is 2.30. The topological polar surface area (TPSA) is 37.1 Å². The van der Waals surface area contributed by atoms with Crippen molar-refractivity contribution in [1.29, 1.82) is 0 Å². The van der Waals surface area contributed by atoms with Crippen LogP contribution in [0.15, 0.2) is 48.5 Å². The van der Waals surface area contributed by atoms with Crippen molar-refractivity contribution in [2.24, 2.45) is 0 Å². The normalized spacial score (nSPS) is 13.2. The van der Waals surface area contributed by atoms with E-state index in [2.05, 4.69) is 34.6 Å². The van der Waals surface area contributed by atoms with E-state index in [0.29, 0.717) is 12.1 Å².